The van der Waals surface area contributed by atoms with Gasteiger partial charge in [-0.05, 0) is 53.0 Å². The van der Waals surface area contributed by atoms with Gasteiger partial charge in [-0.3, -0.25) is 14.3 Å². The molecule has 1 N–H and O–H groups in total. The fourth-order valence-electron chi connectivity index (χ4n) is 4.24. The maximum absolute atomic E-state index is 13.9. The standard InChI is InChI=1S/C25H36N4O2/c1-18(2)28-17-20(16-26-28)24(31)29(21-14-10-7-11-15-21)22(19-12-8-6-9-13-19)23(30)27-25(3,4)5/h6,8-9,12-13,16-18,21-22H,7,10-11,14-15H2,1-5H3,(H,27,30). The molecule has 1 aromatic carbocycles. The fourth-order valence-corrected chi connectivity index (χ4v) is 4.24. The SMILES string of the molecule is CC(C)n1cc(C(=O)N(C2CCCCC2)C(C(=O)NC(C)(C)C)c2ccccc2)cn1. The molecule has 2 amide bonds. The van der Waals surface area contributed by atoms with Crippen LogP contribution in [0.2, 0.25) is 0 Å². The highest BCUT2D eigenvalue weighted by atomic mass is 16.2. The predicted octanol–water partition coefficient (Wildman–Crippen LogP) is 4.89. The number of nitrogens with zero attached hydrogens (tertiary/aromatic N) is 3. The van der Waals surface area contributed by atoms with E-state index in [1.807, 2.05) is 69.9 Å². The second-order valence-corrected chi connectivity index (χ2v) is 9.86. The zero-order chi connectivity index (χ0) is 22.6. The summed E-state index contributed by atoms with van der Waals surface area (Å²) in [5.41, 5.74) is 0.969. The van der Waals surface area contributed by atoms with Gasteiger partial charge in [-0.15, -0.1) is 0 Å². The first-order valence-electron chi connectivity index (χ1n) is 11.4. The van der Waals surface area contributed by atoms with Crippen LogP contribution in [0.1, 0.15) is 94.7 Å². The van der Waals surface area contributed by atoms with Crippen molar-refractivity contribution in [1.82, 2.24) is 20.0 Å². The quantitative estimate of drug-likeness (QED) is 0.717. The van der Waals surface area contributed by atoms with Gasteiger partial charge in [-0.2, -0.15) is 5.10 Å². The van der Waals surface area contributed by atoms with Gasteiger partial charge in [0, 0.05) is 23.8 Å². The third-order valence-electron chi connectivity index (χ3n) is 5.72. The lowest BCUT2D eigenvalue weighted by Crippen LogP contribution is -2.52. The molecule has 3 rings (SSSR count). The van der Waals surface area contributed by atoms with Gasteiger partial charge in [0.1, 0.15) is 6.04 Å². The molecule has 1 saturated carbocycles. The van der Waals surface area contributed by atoms with E-state index >= 15 is 0 Å². The molecule has 1 aromatic heterocycles. The van der Waals surface area contributed by atoms with E-state index in [0.29, 0.717) is 5.56 Å². The normalized spacial score (nSPS) is 16.2. The Labute approximate surface area is 186 Å². The van der Waals surface area contributed by atoms with E-state index in [1.54, 1.807) is 17.1 Å². The molecule has 0 aliphatic heterocycles. The highest BCUT2D eigenvalue weighted by Crippen LogP contribution is 2.33. The minimum Gasteiger partial charge on any atom is -0.349 e. The third-order valence-corrected chi connectivity index (χ3v) is 5.72. The average molecular weight is 425 g/mol. The lowest BCUT2D eigenvalue weighted by atomic mass is 9.90. The number of amides is 2. The Morgan fingerprint density at radius 2 is 1.74 bits per heavy atom. The van der Waals surface area contributed by atoms with Crippen molar-refractivity contribution in [2.24, 2.45) is 0 Å². The minimum atomic E-state index is -0.682. The summed E-state index contributed by atoms with van der Waals surface area (Å²) in [5, 5.41) is 7.48. The maximum Gasteiger partial charge on any atom is 0.258 e. The number of hydrogen-bond donors (Lipinski definition) is 1. The summed E-state index contributed by atoms with van der Waals surface area (Å²) in [6.07, 6.45) is 8.57. The van der Waals surface area contributed by atoms with Crippen molar-refractivity contribution in [2.45, 2.75) is 90.4 Å². The Morgan fingerprint density at radius 3 is 2.29 bits per heavy atom. The molecule has 0 spiro atoms. The second-order valence-electron chi connectivity index (χ2n) is 9.86. The largest absolute Gasteiger partial charge is 0.349 e. The van der Waals surface area contributed by atoms with E-state index in [2.05, 4.69) is 10.4 Å². The van der Waals surface area contributed by atoms with Crippen LogP contribution in [0.25, 0.3) is 0 Å². The Hall–Kier alpha value is -2.63. The molecule has 0 bridgehead atoms. The van der Waals surface area contributed by atoms with E-state index < -0.39 is 11.6 Å². The smallest absolute Gasteiger partial charge is 0.258 e. The first-order valence-corrected chi connectivity index (χ1v) is 11.4. The van der Waals surface area contributed by atoms with Gasteiger partial charge in [0.2, 0.25) is 5.91 Å². The topological polar surface area (TPSA) is 67.2 Å². The van der Waals surface area contributed by atoms with Crippen LogP contribution in [0.15, 0.2) is 42.7 Å². The molecule has 1 unspecified atom stereocenters. The van der Waals surface area contributed by atoms with Crippen molar-refractivity contribution in [3.8, 4) is 0 Å². The molecule has 0 saturated heterocycles. The molecule has 31 heavy (non-hydrogen) atoms. The molecule has 2 aromatic rings. The second kappa shape index (κ2) is 9.67. The predicted molar refractivity (Wildman–Crippen MR) is 123 cm³/mol. The van der Waals surface area contributed by atoms with Gasteiger partial charge < -0.3 is 10.2 Å². The van der Waals surface area contributed by atoms with Gasteiger partial charge in [0.15, 0.2) is 0 Å². The fraction of sp³-hybridized carbons (Fsp3) is 0.560. The summed E-state index contributed by atoms with van der Waals surface area (Å²) in [6.45, 7) is 9.96. The van der Waals surface area contributed by atoms with Crippen LogP contribution < -0.4 is 5.32 Å². The van der Waals surface area contributed by atoms with Crippen LogP contribution in [-0.4, -0.2) is 38.1 Å². The molecular formula is C25H36N4O2. The van der Waals surface area contributed by atoms with Gasteiger partial charge in [0.25, 0.3) is 5.91 Å². The minimum absolute atomic E-state index is 0.0274. The Kier molecular flexibility index (Phi) is 7.19. The van der Waals surface area contributed by atoms with Crippen LogP contribution >= 0.6 is 0 Å². The van der Waals surface area contributed by atoms with Gasteiger partial charge in [-0.25, -0.2) is 0 Å². The molecule has 6 heteroatoms. The van der Waals surface area contributed by atoms with E-state index in [9.17, 15) is 9.59 Å². The molecule has 0 radical (unpaired) electrons. The molecule has 1 atom stereocenters. The zero-order valence-electron chi connectivity index (χ0n) is 19.5. The van der Waals surface area contributed by atoms with Crippen LogP contribution in [0.5, 0.6) is 0 Å². The monoisotopic (exact) mass is 424 g/mol. The first kappa shape index (κ1) is 23.0. The molecule has 1 heterocycles. The van der Waals surface area contributed by atoms with E-state index in [-0.39, 0.29) is 23.9 Å². The van der Waals surface area contributed by atoms with Crippen molar-refractivity contribution in [1.29, 1.82) is 0 Å². The summed E-state index contributed by atoms with van der Waals surface area (Å²) in [4.78, 5) is 29.3. The number of carbonyl (C=O) groups excluding carboxylic acids is 2. The van der Waals surface area contributed by atoms with Crippen LogP contribution in [0.4, 0.5) is 0 Å². The molecule has 1 fully saturated rings. The third kappa shape index (κ3) is 5.75. The number of nitrogens with one attached hydrogen (secondary N) is 1. The maximum atomic E-state index is 13.9. The van der Waals surface area contributed by atoms with Crippen molar-refractivity contribution in [2.75, 3.05) is 0 Å². The lowest BCUT2D eigenvalue weighted by molar-refractivity contribution is -0.128. The zero-order valence-corrected chi connectivity index (χ0v) is 19.5. The lowest BCUT2D eigenvalue weighted by Gasteiger charge is -2.40. The Balaban J connectivity index is 2.06. The Morgan fingerprint density at radius 1 is 1.10 bits per heavy atom. The highest BCUT2D eigenvalue weighted by molar-refractivity contribution is 5.98. The van der Waals surface area contributed by atoms with Gasteiger partial charge >= 0.3 is 0 Å². The number of carbonyl (C=O) groups is 2. The summed E-state index contributed by atoms with van der Waals surface area (Å²) >= 11 is 0. The summed E-state index contributed by atoms with van der Waals surface area (Å²) in [5.74, 6) is -0.273. The van der Waals surface area contributed by atoms with Gasteiger partial charge in [-0.1, -0.05) is 49.6 Å². The van der Waals surface area contributed by atoms with Crippen molar-refractivity contribution < 1.29 is 9.59 Å². The summed E-state index contributed by atoms with van der Waals surface area (Å²) in [6, 6.07) is 9.17. The van der Waals surface area contributed by atoms with Crippen molar-refractivity contribution in [3.63, 3.8) is 0 Å². The van der Waals surface area contributed by atoms with Gasteiger partial charge in [0.05, 0.1) is 11.8 Å². The number of benzene rings is 1. The number of aromatic nitrogens is 2. The van der Waals surface area contributed by atoms with Crippen LogP contribution in [0, 0.1) is 0 Å². The Bertz CT molecular complexity index is 876. The first-order chi connectivity index (χ1) is 14.7. The van der Waals surface area contributed by atoms with Crippen LogP contribution in [-0.2, 0) is 4.79 Å². The van der Waals surface area contributed by atoms with Crippen molar-refractivity contribution in [3.05, 3.63) is 53.9 Å². The summed E-state index contributed by atoms with van der Waals surface area (Å²) < 4.78 is 1.79. The van der Waals surface area contributed by atoms with E-state index in [4.69, 9.17) is 0 Å². The molecule has 1 aliphatic rings. The molecule has 168 valence electrons. The van der Waals surface area contributed by atoms with E-state index in [0.717, 1.165) is 31.2 Å². The molecule has 6 nitrogen and oxygen atoms in total. The van der Waals surface area contributed by atoms with Crippen LogP contribution in [0.3, 0.4) is 0 Å². The molecular weight excluding hydrogens is 388 g/mol. The number of hydrogen-bond acceptors (Lipinski definition) is 3. The van der Waals surface area contributed by atoms with Crippen molar-refractivity contribution >= 4 is 11.8 Å². The average Bonchev–Trinajstić information content (AvgIpc) is 3.22. The number of rotatable bonds is 6. The molecule has 1 aliphatic carbocycles. The highest BCUT2D eigenvalue weighted by Gasteiger charge is 2.38. The van der Waals surface area contributed by atoms with E-state index in [1.165, 1.54) is 6.42 Å². The summed E-state index contributed by atoms with van der Waals surface area (Å²) in [7, 11) is 0.